The average molecular weight is 222 g/mol. The minimum atomic E-state index is -0.918. The van der Waals surface area contributed by atoms with Crippen molar-refractivity contribution in [3.63, 3.8) is 0 Å². The smallest absolute Gasteiger partial charge is 0.344 e. The third kappa shape index (κ3) is 2.75. The van der Waals surface area contributed by atoms with Gasteiger partial charge in [-0.25, -0.2) is 4.79 Å². The van der Waals surface area contributed by atoms with E-state index in [-0.39, 0.29) is 0 Å². The van der Waals surface area contributed by atoms with Gasteiger partial charge in [0.1, 0.15) is 5.75 Å². The van der Waals surface area contributed by atoms with Crippen LogP contribution >= 0.6 is 0 Å². The fourth-order valence-corrected chi connectivity index (χ4v) is 1.54. The van der Waals surface area contributed by atoms with Gasteiger partial charge in [-0.3, -0.25) is 0 Å². The van der Waals surface area contributed by atoms with Crippen LogP contribution in [0.3, 0.4) is 0 Å². The van der Waals surface area contributed by atoms with E-state index in [1.54, 1.807) is 6.92 Å². The number of ether oxygens (including phenoxy) is 1. The molecule has 0 bridgehead atoms. The lowest BCUT2D eigenvalue weighted by atomic mass is 10.0. The molecule has 16 heavy (non-hydrogen) atoms. The number of rotatable bonds is 4. The monoisotopic (exact) mass is 222 g/mol. The molecular formula is C13H18O3. The summed E-state index contributed by atoms with van der Waals surface area (Å²) in [6.45, 7) is 7.84. The molecule has 3 heteroatoms. The standard InChI is InChI=1S/C13H18O3/c1-5-12(13(14)15)16-11-6-8(2)10(4)9(3)7-11/h6-7,12H,5H2,1-4H3,(H,14,15). The maximum Gasteiger partial charge on any atom is 0.344 e. The number of hydrogen-bond donors (Lipinski definition) is 1. The Kier molecular flexibility index (Phi) is 3.93. The highest BCUT2D eigenvalue weighted by Gasteiger charge is 2.17. The molecule has 88 valence electrons. The predicted octanol–water partition coefficient (Wildman–Crippen LogP) is 2.85. The summed E-state index contributed by atoms with van der Waals surface area (Å²) in [5.41, 5.74) is 3.46. The molecule has 0 aromatic heterocycles. The van der Waals surface area contributed by atoms with Crippen LogP contribution in [0.2, 0.25) is 0 Å². The van der Waals surface area contributed by atoms with Crippen LogP contribution in [-0.2, 0) is 4.79 Å². The number of carbonyl (C=O) groups is 1. The molecule has 0 radical (unpaired) electrons. The third-order valence-electron chi connectivity index (χ3n) is 2.83. The Balaban J connectivity index is 2.93. The summed E-state index contributed by atoms with van der Waals surface area (Å²) in [5, 5.41) is 8.90. The van der Waals surface area contributed by atoms with E-state index in [9.17, 15) is 4.79 Å². The fraction of sp³-hybridized carbons (Fsp3) is 0.462. The maximum atomic E-state index is 10.8. The minimum Gasteiger partial charge on any atom is -0.479 e. The van der Waals surface area contributed by atoms with Crippen LogP contribution in [0.25, 0.3) is 0 Å². The highest BCUT2D eigenvalue weighted by molar-refractivity contribution is 5.72. The lowest BCUT2D eigenvalue weighted by Gasteiger charge is -2.15. The molecule has 0 fully saturated rings. The summed E-state index contributed by atoms with van der Waals surface area (Å²) in [5.74, 6) is -0.284. The molecule has 0 aliphatic heterocycles. The van der Waals surface area contributed by atoms with Crippen molar-refractivity contribution in [2.24, 2.45) is 0 Å². The van der Waals surface area contributed by atoms with Gasteiger partial charge in [0.2, 0.25) is 0 Å². The van der Waals surface area contributed by atoms with Gasteiger partial charge < -0.3 is 9.84 Å². The second-order valence-electron chi connectivity index (χ2n) is 4.04. The van der Waals surface area contributed by atoms with Crippen molar-refractivity contribution in [3.05, 3.63) is 28.8 Å². The number of carboxylic acids is 1. The second-order valence-corrected chi connectivity index (χ2v) is 4.04. The first-order valence-corrected chi connectivity index (χ1v) is 5.43. The molecule has 0 aliphatic carbocycles. The predicted molar refractivity (Wildman–Crippen MR) is 63.0 cm³/mol. The minimum absolute atomic E-state index is 0.460. The van der Waals surface area contributed by atoms with E-state index in [2.05, 4.69) is 0 Å². The van der Waals surface area contributed by atoms with Gasteiger partial charge >= 0.3 is 5.97 Å². The van der Waals surface area contributed by atoms with E-state index in [0.29, 0.717) is 12.2 Å². The van der Waals surface area contributed by atoms with E-state index < -0.39 is 12.1 Å². The largest absolute Gasteiger partial charge is 0.479 e. The van der Waals surface area contributed by atoms with Crippen molar-refractivity contribution in [2.45, 2.75) is 40.2 Å². The zero-order valence-electron chi connectivity index (χ0n) is 10.2. The van der Waals surface area contributed by atoms with Crippen molar-refractivity contribution in [1.29, 1.82) is 0 Å². The molecule has 0 amide bonds. The van der Waals surface area contributed by atoms with E-state index in [0.717, 1.165) is 11.1 Å². The Bertz CT molecular complexity index is 373. The molecule has 1 aromatic carbocycles. The fourth-order valence-electron chi connectivity index (χ4n) is 1.54. The quantitative estimate of drug-likeness (QED) is 0.852. The zero-order valence-corrected chi connectivity index (χ0v) is 10.2. The SMILES string of the molecule is CCC(Oc1cc(C)c(C)c(C)c1)C(=O)O. The van der Waals surface area contributed by atoms with Crippen molar-refractivity contribution in [3.8, 4) is 5.75 Å². The molecule has 1 rings (SSSR count). The van der Waals surface area contributed by atoms with Crippen LogP contribution in [-0.4, -0.2) is 17.2 Å². The molecule has 0 saturated heterocycles. The van der Waals surface area contributed by atoms with Gasteiger partial charge in [0.25, 0.3) is 0 Å². The van der Waals surface area contributed by atoms with Crippen molar-refractivity contribution in [1.82, 2.24) is 0 Å². The van der Waals surface area contributed by atoms with Crippen molar-refractivity contribution < 1.29 is 14.6 Å². The summed E-state index contributed by atoms with van der Waals surface area (Å²) in [6.07, 6.45) is -0.303. The van der Waals surface area contributed by atoms with Crippen LogP contribution in [0.4, 0.5) is 0 Å². The van der Waals surface area contributed by atoms with Gasteiger partial charge in [-0.15, -0.1) is 0 Å². The van der Waals surface area contributed by atoms with Crippen LogP contribution in [0, 0.1) is 20.8 Å². The molecule has 1 aromatic rings. The molecule has 0 aliphatic rings. The zero-order chi connectivity index (χ0) is 12.3. The Labute approximate surface area is 96.1 Å². The third-order valence-corrected chi connectivity index (χ3v) is 2.83. The number of aryl methyl sites for hydroxylation is 2. The van der Waals surface area contributed by atoms with E-state index in [1.165, 1.54) is 5.56 Å². The molecule has 3 nitrogen and oxygen atoms in total. The second kappa shape index (κ2) is 5.01. The van der Waals surface area contributed by atoms with Gasteiger partial charge in [-0.2, -0.15) is 0 Å². The van der Waals surface area contributed by atoms with Gasteiger partial charge in [0.05, 0.1) is 0 Å². The Morgan fingerprint density at radius 2 is 1.81 bits per heavy atom. The summed E-state index contributed by atoms with van der Waals surface area (Å²) < 4.78 is 5.44. The summed E-state index contributed by atoms with van der Waals surface area (Å²) >= 11 is 0. The molecular weight excluding hydrogens is 204 g/mol. The molecule has 1 N–H and O–H groups in total. The number of carboxylic acid groups (broad SMARTS) is 1. The van der Waals surface area contributed by atoms with E-state index >= 15 is 0 Å². The van der Waals surface area contributed by atoms with Gasteiger partial charge in [0, 0.05) is 0 Å². The van der Waals surface area contributed by atoms with Crippen molar-refractivity contribution in [2.75, 3.05) is 0 Å². The number of benzene rings is 1. The lowest BCUT2D eigenvalue weighted by Crippen LogP contribution is -2.26. The van der Waals surface area contributed by atoms with Crippen LogP contribution in [0.1, 0.15) is 30.0 Å². The normalized spacial score (nSPS) is 12.2. The molecule has 1 unspecified atom stereocenters. The first-order chi connectivity index (χ1) is 7.45. The van der Waals surface area contributed by atoms with Crippen LogP contribution in [0.5, 0.6) is 5.75 Å². The molecule has 0 saturated carbocycles. The summed E-state index contributed by atoms with van der Waals surface area (Å²) in [4.78, 5) is 10.8. The van der Waals surface area contributed by atoms with Gasteiger partial charge in [0.15, 0.2) is 6.10 Å². The topological polar surface area (TPSA) is 46.5 Å². The lowest BCUT2D eigenvalue weighted by molar-refractivity contribution is -0.145. The molecule has 1 atom stereocenters. The average Bonchev–Trinajstić information content (AvgIpc) is 2.21. The van der Waals surface area contributed by atoms with Crippen LogP contribution in [0.15, 0.2) is 12.1 Å². The van der Waals surface area contributed by atoms with Crippen LogP contribution < -0.4 is 4.74 Å². The molecule has 0 spiro atoms. The van der Waals surface area contributed by atoms with E-state index in [1.807, 2.05) is 32.9 Å². The van der Waals surface area contributed by atoms with Crippen molar-refractivity contribution >= 4 is 5.97 Å². The Hall–Kier alpha value is -1.51. The Morgan fingerprint density at radius 3 is 2.19 bits per heavy atom. The molecule has 0 heterocycles. The van der Waals surface area contributed by atoms with Gasteiger partial charge in [-0.1, -0.05) is 6.92 Å². The van der Waals surface area contributed by atoms with E-state index in [4.69, 9.17) is 9.84 Å². The highest BCUT2D eigenvalue weighted by atomic mass is 16.5. The number of hydrogen-bond acceptors (Lipinski definition) is 2. The Morgan fingerprint density at radius 1 is 1.31 bits per heavy atom. The first-order valence-electron chi connectivity index (χ1n) is 5.43. The summed E-state index contributed by atoms with van der Waals surface area (Å²) in [6, 6.07) is 3.77. The summed E-state index contributed by atoms with van der Waals surface area (Å²) in [7, 11) is 0. The highest BCUT2D eigenvalue weighted by Crippen LogP contribution is 2.22. The number of aliphatic carboxylic acids is 1. The first kappa shape index (κ1) is 12.6. The van der Waals surface area contributed by atoms with Gasteiger partial charge in [-0.05, 0) is 56.0 Å². The maximum absolute atomic E-state index is 10.8.